The Bertz CT molecular complexity index is 749. The van der Waals surface area contributed by atoms with Crippen molar-refractivity contribution in [3.63, 3.8) is 0 Å². The maximum Gasteiger partial charge on any atom is 0.232 e. The smallest absolute Gasteiger partial charge is 0.232 e. The number of fused-ring (bicyclic) bond motifs is 3. The number of amides is 1. The highest BCUT2D eigenvalue weighted by Crippen LogP contribution is 2.51. The van der Waals surface area contributed by atoms with Gasteiger partial charge in [-0.15, -0.1) is 0 Å². The van der Waals surface area contributed by atoms with Crippen LogP contribution in [0.25, 0.3) is 11.1 Å². The first kappa shape index (κ1) is 16.4. The highest BCUT2D eigenvalue weighted by molar-refractivity contribution is 5.99. The first-order valence-corrected chi connectivity index (χ1v) is 9.64. The average Bonchev–Trinajstić information content (AvgIpc) is 3.16. The van der Waals surface area contributed by atoms with E-state index in [4.69, 9.17) is 5.73 Å². The molecule has 2 nitrogen and oxygen atoms in total. The molecule has 2 aliphatic carbocycles. The molecule has 2 atom stereocenters. The zero-order chi connectivity index (χ0) is 17.4. The molecule has 2 unspecified atom stereocenters. The van der Waals surface area contributed by atoms with E-state index in [9.17, 15) is 4.79 Å². The molecule has 2 aromatic carbocycles. The van der Waals surface area contributed by atoms with Crippen molar-refractivity contribution in [2.45, 2.75) is 50.9 Å². The molecule has 1 saturated carbocycles. The van der Waals surface area contributed by atoms with Crippen LogP contribution in [0, 0.1) is 11.8 Å². The van der Waals surface area contributed by atoms with Crippen molar-refractivity contribution in [3.8, 4) is 11.1 Å². The molecule has 2 aliphatic rings. The van der Waals surface area contributed by atoms with Crippen molar-refractivity contribution in [2.24, 2.45) is 17.6 Å². The third-order valence-electron chi connectivity index (χ3n) is 6.65. The van der Waals surface area contributed by atoms with Crippen molar-refractivity contribution in [1.82, 2.24) is 0 Å². The van der Waals surface area contributed by atoms with Crippen LogP contribution in [0.5, 0.6) is 0 Å². The lowest BCUT2D eigenvalue weighted by molar-refractivity contribution is -0.122. The number of nitrogens with two attached hydrogens (primary N) is 1. The third-order valence-corrected chi connectivity index (χ3v) is 6.65. The molecule has 0 aromatic heterocycles. The first-order valence-electron chi connectivity index (χ1n) is 9.64. The molecule has 2 aromatic rings. The molecule has 2 heteroatoms. The van der Waals surface area contributed by atoms with Crippen LogP contribution in [0.2, 0.25) is 0 Å². The van der Waals surface area contributed by atoms with Crippen molar-refractivity contribution < 1.29 is 4.79 Å². The van der Waals surface area contributed by atoms with Crippen LogP contribution in [-0.4, -0.2) is 5.91 Å². The molecule has 0 saturated heterocycles. The van der Waals surface area contributed by atoms with E-state index in [0.717, 1.165) is 35.8 Å². The molecular weight excluding hydrogens is 306 g/mol. The zero-order valence-corrected chi connectivity index (χ0v) is 15.0. The summed E-state index contributed by atoms with van der Waals surface area (Å²) in [4.78, 5) is 12.8. The van der Waals surface area contributed by atoms with E-state index >= 15 is 0 Å². The Morgan fingerprint density at radius 2 is 1.64 bits per heavy atom. The lowest BCUT2D eigenvalue weighted by Gasteiger charge is -2.29. The molecule has 0 radical (unpaired) electrons. The summed E-state index contributed by atoms with van der Waals surface area (Å²) in [5.41, 5.74) is 9.93. The number of hydrogen-bond donors (Lipinski definition) is 1. The molecule has 0 heterocycles. The Labute approximate surface area is 150 Å². The minimum Gasteiger partial charge on any atom is -0.369 e. The largest absolute Gasteiger partial charge is 0.369 e. The fourth-order valence-corrected chi connectivity index (χ4v) is 5.26. The highest BCUT2D eigenvalue weighted by atomic mass is 16.1. The van der Waals surface area contributed by atoms with Gasteiger partial charge in [-0.05, 0) is 40.5 Å². The number of carbonyl (C=O) groups is 1. The Kier molecular flexibility index (Phi) is 4.15. The van der Waals surface area contributed by atoms with E-state index in [1.54, 1.807) is 0 Å². The molecule has 1 amide bonds. The van der Waals surface area contributed by atoms with Gasteiger partial charge in [-0.25, -0.2) is 0 Å². The third kappa shape index (κ3) is 2.50. The predicted octanol–water partition coefficient (Wildman–Crippen LogP) is 5.04. The van der Waals surface area contributed by atoms with E-state index in [1.165, 1.54) is 36.8 Å². The summed E-state index contributed by atoms with van der Waals surface area (Å²) in [6.45, 7) is 2.38. The summed E-state index contributed by atoms with van der Waals surface area (Å²) in [5.74, 6) is 1.44. The molecule has 25 heavy (non-hydrogen) atoms. The first-order chi connectivity index (χ1) is 12.1. The fourth-order valence-electron chi connectivity index (χ4n) is 5.26. The van der Waals surface area contributed by atoms with Crippen molar-refractivity contribution in [1.29, 1.82) is 0 Å². The lowest BCUT2D eigenvalue weighted by atomic mass is 9.73. The van der Waals surface area contributed by atoms with Crippen molar-refractivity contribution >= 4 is 5.91 Å². The SMILES string of the molecule is CC1CCCC1CCCC1(C(N)=O)c2ccccc2-c2ccccc21. The van der Waals surface area contributed by atoms with Gasteiger partial charge in [-0.1, -0.05) is 87.6 Å². The monoisotopic (exact) mass is 333 g/mol. The number of carbonyl (C=O) groups excluding carboxylic acids is 1. The standard InChI is InChI=1S/C23H27NO/c1-16-8-6-9-17(16)10-7-15-23(22(24)25)20-13-4-2-11-18(20)19-12-3-5-14-21(19)23/h2-5,11-14,16-17H,6-10,15H2,1H3,(H2,24,25). The maximum absolute atomic E-state index is 12.8. The van der Waals surface area contributed by atoms with Gasteiger partial charge in [0, 0.05) is 0 Å². The summed E-state index contributed by atoms with van der Waals surface area (Å²) in [6, 6.07) is 16.6. The number of benzene rings is 2. The molecule has 2 N–H and O–H groups in total. The number of primary amides is 1. The van der Waals surface area contributed by atoms with Gasteiger partial charge in [0.05, 0.1) is 5.41 Å². The lowest BCUT2D eigenvalue weighted by Crippen LogP contribution is -2.40. The van der Waals surface area contributed by atoms with Crippen LogP contribution in [0.1, 0.15) is 56.6 Å². The molecule has 0 bridgehead atoms. The van der Waals surface area contributed by atoms with Gasteiger partial charge in [-0.3, -0.25) is 4.79 Å². The van der Waals surface area contributed by atoms with Crippen LogP contribution in [0.4, 0.5) is 0 Å². The van der Waals surface area contributed by atoms with Gasteiger partial charge in [0.25, 0.3) is 0 Å². The van der Waals surface area contributed by atoms with Crippen molar-refractivity contribution in [2.75, 3.05) is 0 Å². The second-order valence-corrected chi connectivity index (χ2v) is 7.92. The zero-order valence-electron chi connectivity index (χ0n) is 15.0. The van der Waals surface area contributed by atoms with Gasteiger partial charge in [-0.2, -0.15) is 0 Å². The van der Waals surface area contributed by atoms with Crippen LogP contribution in [0.3, 0.4) is 0 Å². The molecule has 1 fully saturated rings. The quantitative estimate of drug-likeness (QED) is 0.818. The number of hydrogen-bond acceptors (Lipinski definition) is 1. The molecule has 4 rings (SSSR count). The summed E-state index contributed by atoms with van der Waals surface area (Å²) in [7, 11) is 0. The van der Waals surface area contributed by atoms with Gasteiger partial charge in [0.1, 0.15) is 0 Å². The Morgan fingerprint density at radius 3 is 2.16 bits per heavy atom. The maximum atomic E-state index is 12.8. The van der Waals surface area contributed by atoms with Crippen molar-refractivity contribution in [3.05, 3.63) is 59.7 Å². The van der Waals surface area contributed by atoms with Gasteiger partial charge in [0.2, 0.25) is 5.91 Å². The van der Waals surface area contributed by atoms with Crippen LogP contribution in [-0.2, 0) is 10.2 Å². The fraction of sp³-hybridized carbons (Fsp3) is 0.435. The minimum absolute atomic E-state index is 0.204. The summed E-state index contributed by atoms with van der Waals surface area (Å²) in [5, 5.41) is 0. The average molecular weight is 333 g/mol. The van der Waals surface area contributed by atoms with Crippen LogP contribution >= 0.6 is 0 Å². The summed E-state index contributed by atoms with van der Waals surface area (Å²) >= 11 is 0. The Balaban J connectivity index is 1.69. The second-order valence-electron chi connectivity index (χ2n) is 7.92. The molecule has 130 valence electrons. The normalized spacial score (nSPS) is 23.2. The van der Waals surface area contributed by atoms with E-state index in [2.05, 4.69) is 31.2 Å². The predicted molar refractivity (Wildman–Crippen MR) is 102 cm³/mol. The topological polar surface area (TPSA) is 43.1 Å². The van der Waals surface area contributed by atoms with E-state index < -0.39 is 5.41 Å². The van der Waals surface area contributed by atoms with E-state index in [1.807, 2.05) is 24.3 Å². The van der Waals surface area contributed by atoms with Gasteiger partial charge in [0.15, 0.2) is 0 Å². The summed E-state index contributed by atoms with van der Waals surface area (Å²) in [6.07, 6.45) is 7.15. The van der Waals surface area contributed by atoms with E-state index in [-0.39, 0.29) is 5.91 Å². The Morgan fingerprint density at radius 1 is 1.04 bits per heavy atom. The second kappa shape index (κ2) is 6.33. The molecular formula is C23H27NO. The Hall–Kier alpha value is -2.09. The van der Waals surface area contributed by atoms with Gasteiger partial charge >= 0.3 is 0 Å². The number of rotatable bonds is 5. The summed E-state index contributed by atoms with van der Waals surface area (Å²) < 4.78 is 0. The van der Waals surface area contributed by atoms with E-state index in [0.29, 0.717) is 0 Å². The van der Waals surface area contributed by atoms with Crippen LogP contribution < -0.4 is 5.73 Å². The molecule has 0 aliphatic heterocycles. The van der Waals surface area contributed by atoms with Gasteiger partial charge < -0.3 is 5.73 Å². The highest BCUT2D eigenvalue weighted by Gasteiger charge is 2.47. The minimum atomic E-state index is -0.658. The van der Waals surface area contributed by atoms with Crippen LogP contribution in [0.15, 0.2) is 48.5 Å². The molecule has 0 spiro atoms.